The van der Waals surface area contributed by atoms with Crippen molar-refractivity contribution < 1.29 is 4.74 Å². The molecule has 9 heteroatoms. The average Bonchev–Trinajstić information content (AvgIpc) is 2.68. The number of anilines is 1. The Hall–Kier alpha value is -1.96. The molecule has 1 saturated heterocycles. The molecule has 28 heavy (non-hydrogen) atoms. The molecule has 2 heterocycles. The molecule has 1 aromatic heterocycles. The van der Waals surface area contributed by atoms with E-state index in [1.54, 1.807) is 7.05 Å². The maximum atomic E-state index is 12.1. The van der Waals surface area contributed by atoms with Crippen LogP contribution in [0, 0.1) is 0 Å². The monoisotopic (exact) mass is 428 g/mol. The maximum Gasteiger partial charge on any atom is 0.332 e. The lowest BCUT2D eigenvalue weighted by Crippen LogP contribution is -2.49. The van der Waals surface area contributed by atoms with E-state index in [2.05, 4.69) is 9.80 Å². The zero-order valence-corrected chi connectivity index (χ0v) is 17.7. The average molecular weight is 429 g/mol. The van der Waals surface area contributed by atoms with Crippen molar-refractivity contribution in [3.63, 3.8) is 0 Å². The summed E-state index contributed by atoms with van der Waals surface area (Å²) < 4.78 is 8.39. The van der Waals surface area contributed by atoms with Gasteiger partial charge in [0.25, 0.3) is 5.56 Å². The van der Waals surface area contributed by atoms with Crippen molar-refractivity contribution in [3.8, 4) is 5.75 Å². The van der Waals surface area contributed by atoms with E-state index >= 15 is 0 Å². The van der Waals surface area contributed by atoms with Gasteiger partial charge in [0.15, 0.2) is 0 Å². The standard InChI is InChI=1S/C19H25ClN4O3.ClH/c1-21-17(14-18(25)22(2)19(21)26)24-11-9-23(10-12-24)8-5-13-27-16-7-4-3-6-15(16)20;/h3-4,6-7,14H,5,8-13H2,1-2H3;1H. The van der Waals surface area contributed by atoms with Gasteiger partial charge in [0.2, 0.25) is 0 Å². The number of ether oxygens (including phenoxy) is 1. The van der Waals surface area contributed by atoms with E-state index in [0.717, 1.165) is 49.5 Å². The molecule has 0 saturated carbocycles. The molecule has 1 fully saturated rings. The van der Waals surface area contributed by atoms with Crippen LogP contribution in [-0.2, 0) is 14.1 Å². The van der Waals surface area contributed by atoms with Crippen molar-refractivity contribution in [3.05, 3.63) is 56.2 Å². The van der Waals surface area contributed by atoms with E-state index in [9.17, 15) is 9.59 Å². The Morgan fingerprint density at radius 3 is 2.39 bits per heavy atom. The fraction of sp³-hybridized carbons (Fsp3) is 0.474. The molecule has 1 aliphatic heterocycles. The summed E-state index contributed by atoms with van der Waals surface area (Å²) in [5.41, 5.74) is -0.566. The molecule has 0 N–H and O–H groups in total. The minimum atomic E-state index is -0.295. The molecule has 154 valence electrons. The lowest BCUT2D eigenvalue weighted by Gasteiger charge is -2.36. The first-order chi connectivity index (χ1) is 13.0. The topological polar surface area (TPSA) is 59.7 Å². The highest BCUT2D eigenvalue weighted by Crippen LogP contribution is 2.23. The van der Waals surface area contributed by atoms with Crippen molar-refractivity contribution in [2.24, 2.45) is 14.1 Å². The highest BCUT2D eigenvalue weighted by Gasteiger charge is 2.20. The summed E-state index contributed by atoms with van der Waals surface area (Å²) in [7, 11) is 3.20. The van der Waals surface area contributed by atoms with Gasteiger partial charge in [-0.1, -0.05) is 23.7 Å². The van der Waals surface area contributed by atoms with Crippen molar-refractivity contribution in [2.45, 2.75) is 6.42 Å². The van der Waals surface area contributed by atoms with Crippen LogP contribution in [0.2, 0.25) is 5.02 Å². The van der Waals surface area contributed by atoms with Crippen LogP contribution in [0.15, 0.2) is 39.9 Å². The fourth-order valence-corrected chi connectivity index (χ4v) is 3.45. The molecule has 7 nitrogen and oxygen atoms in total. The molecule has 0 bridgehead atoms. The van der Waals surface area contributed by atoms with E-state index in [0.29, 0.717) is 17.4 Å². The van der Waals surface area contributed by atoms with Gasteiger partial charge in [-0.15, -0.1) is 12.4 Å². The van der Waals surface area contributed by atoms with Gasteiger partial charge in [-0.25, -0.2) is 4.79 Å². The highest BCUT2D eigenvalue weighted by molar-refractivity contribution is 6.32. The molecule has 0 unspecified atom stereocenters. The number of para-hydroxylation sites is 1. The SMILES string of the molecule is Cl.Cn1c(N2CCN(CCCOc3ccccc3Cl)CC2)cc(=O)n(C)c1=O. The molecule has 0 amide bonds. The predicted octanol–water partition coefficient (Wildman–Crippen LogP) is 1.75. The van der Waals surface area contributed by atoms with Crippen LogP contribution in [0.5, 0.6) is 5.75 Å². The van der Waals surface area contributed by atoms with Crippen LogP contribution in [0.4, 0.5) is 5.82 Å². The van der Waals surface area contributed by atoms with Crippen LogP contribution in [0.1, 0.15) is 6.42 Å². The first-order valence-electron chi connectivity index (χ1n) is 9.09. The van der Waals surface area contributed by atoms with Crippen LogP contribution >= 0.6 is 24.0 Å². The zero-order valence-electron chi connectivity index (χ0n) is 16.1. The second-order valence-corrected chi connectivity index (χ2v) is 7.11. The number of hydrogen-bond acceptors (Lipinski definition) is 5. The van der Waals surface area contributed by atoms with E-state index < -0.39 is 0 Å². The molecule has 1 aliphatic rings. The number of nitrogens with zero attached hydrogens (tertiary/aromatic N) is 4. The normalized spacial score (nSPS) is 14.6. The molecular weight excluding hydrogens is 403 g/mol. The van der Waals surface area contributed by atoms with Gasteiger partial charge in [0.05, 0.1) is 11.6 Å². The zero-order chi connectivity index (χ0) is 19.4. The van der Waals surface area contributed by atoms with Crippen LogP contribution in [0.3, 0.4) is 0 Å². The van der Waals surface area contributed by atoms with Gasteiger partial charge >= 0.3 is 5.69 Å². The van der Waals surface area contributed by atoms with Crippen LogP contribution in [0.25, 0.3) is 0 Å². The summed E-state index contributed by atoms with van der Waals surface area (Å²) in [4.78, 5) is 28.5. The number of benzene rings is 1. The Morgan fingerprint density at radius 1 is 1.04 bits per heavy atom. The lowest BCUT2D eigenvalue weighted by molar-refractivity contribution is 0.224. The van der Waals surface area contributed by atoms with Crippen LogP contribution in [-0.4, -0.2) is 53.4 Å². The van der Waals surface area contributed by atoms with Crippen LogP contribution < -0.4 is 20.9 Å². The van der Waals surface area contributed by atoms with Crippen molar-refractivity contribution in [2.75, 3.05) is 44.2 Å². The number of hydrogen-bond donors (Lipinski definition) is 0. The van der Waals surface area contributed by atoms with E-state index in [4.69, 9.17) is 16.3 Å². The molecule has 0 aliphatic carbocycles. The van der Waals surface area contributed by atoms with Gasteiger partial charge in [-0.2, -0.15) is 0 Å². The van der Waals surface area contributed by atoms with Crippen molar-refractivity contribution in [1.82, 2.24) is 14.0 Å². The van der Waals surface area contributed by atoms with Gasteiger partial charge < -0.3 is 9.64 Å². The number of halogens is 2. The number of piperazine rings is 1. The smallest absolute Gasteiger partial charge is 0.332 e. The summed E-state index contributed by atoms with van der Waals surface area (Å²) in [6, 6.07) is 9.02. The molecule has 0 radical (unpaired) electrons. The fourth-order valence-electron chi connectivity index (χ4n) is 3.26. The molecule has 0 atom stereocenters. The third kappa shape index (κ3) is 5.10. The molecular formula is C19H26Cl2N4O3. The van der Waals surface area contributed by atoms with Crippen molar-refractivity contribution in [1.29, 1.82) is 0 Å². The summed E-state index contributed by atoms with van der Waals surface area (Å²) in [6.45, 7) is 4.89. The predicted molar refractivity (Wildman–Crippen MR) is 114 cm³/mol. The third-order valence-corrected chi connectivity index (χ3v) is 5.22. The Bertz CT molecular complexity index is 905. The van der Waals surface area contributed by atoms with Gasteiger partial charge in [-0.05, 0) is 18.6 Å². The van der Waals surface area contributed by atoms with E-state index in [1.807, 2.05) is 24.3 Å². The molecule has 1 aromatic carbocycles. The highest BCUT2D eigenvalue weighted by atomic mass is 35.5. The quantitative estimate of drug-likeness (QED) is 0.655. The van der Waals surface area contributed by atoms with Crippen molar-refractivity contribution >= 4 is 29.8 Å². The second-order valence-electron chi connectivity index (χ2n) is 6.70. The first-order valence-corrected chi connectivity index (χ1v) is 9.47. The second kappa shape index (κ2) is 10.0. The maximum absolute atomic E-state index is 12.1. The van der Waals surface area contributed by atoms with E-state index in [1.165, 1.54) is 17.7 Å². The summed E-state index contributed by atoms with van der Waals surface area (Å²) >= 11 is 6.08. The minimum Gasteiger partial charge on any atom is -0.492 e. The largest absolute Gasteiger partial charge is 0.492 e. The first kappa shape index (κ1) is 22.3. The Kier molecular flexibility index (Phi) is 7.98. The number of rotatable bonds is 6. The van der Waals surface area contributed by atoms with Gasteiger partial charge in [0, 0.05) is 52.9 Å². The minimum absolute atomic E-state index is 0. The molecule has 2 aromatic rings. The summed E-state index contributed by atoms with van der Waals surface area (Å²) in [5, 5.41) is 0.630. The lowest BCUT2D eigenvalue weighted by atomic mass is 10.3. The summed E-state index contributed by atoms with van der Waals surface area (Å²) in [5.74, 6) is 1.40. The van der Waals surface area contributed by atoms with Gasteiger partial charge in [0.1, 0.15) is 11.6 Å². The Labute approximate surface area is 175 Å². The third-order valence-electron chi connectivity index (χ3n) is 4.91. The molecule has 0 spiro atoms. The van der Waals surface area contributed by atoms with E-state index in [-0.39, 0.29) is 23.7 Å². The number of aromatic nitrogens is 2. The Morgan fingerprint density at radius 2 is 1.71 bits per heavy atom. The summed E-state index contributed by atoms with van der Waals surface area (Å²) in [6.07, 6.45) is 0.912. The van der Waals surface area contributed by atoms with Gasteiger partial charge in [-0.3, -0.25) is 18.8 Å². The molecule has 3 rings (SSSR count). The Balaban J connectivity index is 0.00000280.